The van der Waals surface area contributed by atoms with Crippen molar-refractivity contribution in [3.63, 3.8) is 0 Å². The molecule has 168 valence electrons. The van der Waals surface area contributed by atoms with Crippen LogP contribution < -0.4 is 5.32 Å². The molecule has 0 aromatic heterocycles. The zero-order valence-electron chi connectivity index (χ0n) is 18.5. The van der Waals surface area contributed by atoms with Crippen LogP contribution in [0.5, 0.6) is 0 Å². The average Bonchev–Trinajstić information content (AvgIpc) is 3.04. The van der Waals surface area contributed by atoms with Gasteiger partial charge in [0.05, 0.1) is 5.92 Å². The van der Waals surface area contributed by atoms with Gasteiger partial charge in [-0.25, -0.2) is 4.79 Å². The summed E-state index contributed by atoms with van der Waals surface area (Å²) < 4.78 is 5.55. The second kappa shape index (κ2) is 8.30. The molecule has 2 N–H and O–H groups in total. The van der Waals surface area contributed by atoms with Crippen molar-refractivity contribution in [2.75, 3.05) is 19.7 Å². The maximum atomic E-state index is 12.8. The molecule has 1 heterocycles. The Morgan fingerprint density at radius 3 is 2.12 bits per heavy atom. The van der Waals surface area contributed by atoms with Gasteiger partial charge in [0.15, 0.2) is 0 Å². The summed E-state index contributed by atoms with van der Waals surface area (Å²) in [5, 5.41) is 11.8. The lowest BCUT2D eigenvalue weighted by atomic mass is 9.85. The molecule has 1 aliphatic carbocycles. The van der Waals surface area contributed by atoms with Crippen LogP contribution in [0.1, 0.15) is 37.8 Å². The molecule has 0 bridgehead atoms. The molecule has 0 spiro atoms. The van der Waals surface area contributed by atoms with E-state index in [9.17, 15) is 14.4 Å². The van der Waals surface area contributed by atoms with Gasteiger partial charge in [-0.2, -0.15) is 0 Å². The highest BCUT2D eigenvalue weighted by Gasteiger charge is 2.43. The summed E-state index contributed by atoms with van der Waals surface area (Å²) in [4.78, 5) is 38.1. The molecule has 1 fully saturated rings. The summed E-state index contributed by atoms with van der Waals surface area (Å²) in [6.45, 7) is 5.83. The van der Waals surface area contributed by atoms with E-state index >= 15 is 0 Å². The number of rotatable bonds is 6. The summed E-state index contributed by atoms with van der Waals surface area (Å²) in [7, 11) is 0. The first kappa shape index (κ1) is 21.9. The van der Waals surface area contributed by atoms with E-state index in [-0.39, 0.29) is 24.3 Å². The third-order valence-electron chi connectivity index (χ3n) is 6.59. The zero-order chi connectivity index (χ0) is 23.0. The topological polar surface area (TPSA) is 95.9 Å². The van der Waals surface area contributed by atoms with Gasteiger partial charge < -0.3 is 20.1 Å². The SMILES string of the molecule is CC(C(=O)O)C1CN(C(=O)C(C)(C)NC(=O)OCC2c3ccccc3-c3ccccc32)C1. The molecule has 1 unspecified atom stereocenters. The van der Waals surface area contributed by atoms with Crippen LogP contribution in [0.15, 0.2) is 48.5 Å². The van der Waals surface area contributed by atoms with Gasteiger partial charge in [0.1, 0.15) is 12.1 Å². The zero-order valence-corrected chi connectivity index (χ0v) is 18.5. The number of hydrogen-bond acceptors (Lipinski definition) is 4. The smallest absolute Gasteiger partial charge is 0.408 e. The van der Waals surface area contributed by atoms with Gasteiger partial charge in [-0.1, -0.05) is 55.5 Å². The maximum absolute atomic E-state index is 12.8. The van der Waals surface area contributed by atoms with Gasteiger partial charge in [0.25, 0.3) is 0 Å². The third kappa shape index (κ3) is 3.95. The van der Waals surface area contributed by atoms with Gasteiger partial charge in [-0.05, 0) is 36.1 Å². The van der Waals surface area contributed by atoms with Crippen LogP contribution in [0, 0.1) is 11.8 Å². The number of nitrogens with one attached hydrogen (secondary N) is 1. The van der Waals surface area contributed by atoms with E-state index < -0.39 is 23.5 Å². The molecule has 2 amide bonds. The van der Waals surface area contributed by atoms with Crippen molar-refractivity contribution in [1.82, 2.24) is 10.2 Å². The van der Waals surface area contributed by atoms with E-state index in [0.717, 1.165) is 22.3 Å². The van der Waals surface area contributed by atoms with E-state index in [1.165, 1.54) is 0 Å². The summed E-state index contributed by atoms with van der Waals surface area (Å²) in [6.07, 6.45) is -0.652. The van der Waals surface area contributed by atoms with E-state index in [0.29, 0.717) is 13.1 Å². The highest BCUT2D eigenvalue weighted by molar-refractivity contribution is 5.90. The Balaban J connectivity index is 1.35. The van der Waals surface area contributed by atoms with E-state index in [2.05, 4.69) is 17.4 Å². The Hall–Kier alpha value is -3.35. The fourth-order valence-corrected chi connectivity index (χ4v) is 4.53. The van der Waals surface area contributed by atoms with Crippen molar-refractivity contribution in [3.8, 4) is 11.1 Å². The molecular formula is C25H28N2O5. The number of fused-ring (bicyclic) bond motifs is 3. The molecule has 0 radical (unpaired) electrons. The Labute approximate surface area is 187 Å². The molecule has 32 heavy (non-hydrogen) atoms. The highest BCUT2D eigenvalue weighted by atomic mass is 16.5. The monoisotopic (exact) mass is 436 g/mol. The Kier molecular flexibility index (Phi) is 5.67. The standard InChI is InChI=1S/C25H28N2O5/c1-15(22(28)29)16-12-27(13-16)23(30)25(2,3)26-24(31)32-14-21-19-10-6-4-8-17(19)18-9-5-7-11-20(18)21/h4-11,15-16,21H,12-14H2,1-3H3,(H,26,31)(H,28,29). The van der Waals surface area contributed by atoms with E-state index in [4.69, 9.17) is 9.84 Å². The quantitative estimate of drug-likeness (QED) is 0.723. The molecule has 7 heteroatoms. The normalized spacial score (nSPS) is 16.5. The lowest BCUT2D eigenvalue weighted by Crippen LogP contribution is -2.63. The predicted molar refractivity (Wildman–Crippen MR) is 119 cm³/mol. The summed E-state index contributed by atoms with van der Waals surface area (Å²) in [5.41, 5.74) is 3.39. The van der Waals surface area contributed by atoms with Crippen LogP contribution in [-0.2, 0) is 14.3 Å². The molecule has 2 aromatic carbocycles. The van der Waals surface area contributed by atoms with Gasteiger partial charge in [0.2, 0.25) is 5.91 Å². The first-order chi connectivity index (χ1) is 15.2. The van der Waals surface area contributed by atoms with Crippen molar-refractivity contribution in [2.45, 2.75) is 32.2 Å². The fraction of sp³-hybridized carbons (Fsp3) is 0.400. The second-order valence-electron chi connectivity index (χ2n) is 9.17. The number of aliphatic carboxylic acids is 1. The molecule has 4 rings (SSSR count). The molecule has 1 atom stereocenters. The lowest BCUT2D eigenvalue weighted by Gasteiger charge is -2.44. The summed E-state index contributed by atoms with van der Waals surface area (Å²) in [6, 6.07) is 16.2. The minimum Gasteiger partial charge on any atom is -0.481 e. The number of likely N-dealkylation sites (tertiary alicyclic amines) is 1. The molecule has 1 saturated heterocycles. The number of carboxylic acids is 1. The van der Waals surface area contributed by atoms with Crippen molar-refractivity contribution in [2.24, 2.45) is 11.8 Å². The fourth-order valence-electron chi connectivity index (χ4n) is 4.53. The van der Waals surface area contributed by atoms with Crippen LogP contribution in [0.2, 0.25) is 0 Å². The first-order valence-electron chi connectivity index (χ1n) is 10.8. The van der Waals surface area contributed by atoms with E-state index in [1.54, 1.807) is 25.7 Å². The van der Waals surface area contributed by atoms with Crippen molar-refractivity contribution < 1.29 is 24.2 Å². The molecule has 2 aromatic rings. The van der Waals surface area contributed by atoms with Crippen molar-refractivity contribution >= 4 is 18.0 Å². The van der Waals surface area contributed by atoms with Gasteiger partial charge in [-0.15, -0.1) is 0 Å². The molecular weight excluding hydrogens is 408 g/mol. The van der Waals surface area contributed by atoms with Crippen LogP contribution >= 0.6 is 0 Å². The Bertz CT molecular complexity index is 1010. The predicted octanol–water partition coefficient (Wildman–Crippen LogP) is 3.48. The molecule has 1 aliphatic heterocycles. The first-order valence-corrected chi connectivity index (χ1v) is 10.8. The lowest BCUT2D eigenvalue weighted by molar-refractivity contribution is -0.153. The minimum absolute atomic E-state index is 0.0550. The van der Waals surface area contributed by atoms with Gasteiger partial charge in [0, 0.05) is 24.9 Å². The number of benzene rings is 2. The van der Waals surface area contributed by atoms with Crippen molar-refractivity contribution in [1.29, 1.82) is 0 Å². The number of hydrogen-bond donors (Lipinski definition) is 2. The number of ether oxygens (including phenoxy) is 1. The molecule has 0 saturated carbocycles. The highest BCUT2D eigenvalue weighted by Crippen LogP contribution is 2.44. The number of carboxylic acid groups (broad SMARTS) is 1. The van der Waals surface area contributed by atoms with Crippen LogP contribution in [-0.4, -0.2) is 53.2 Å². The third-order valence-corrected chi connectivity index (χ3v) is 6.59. The minimum atomic E-state index is -1.15. The summed E-state index contributed by atoms with van der Waals surface area (Å²) in [5.74, 6) is -1.74. The average molecular weight is 437 g/mol. The second-order valence-corrected chi connectivity index (χ2v) is 9.17. The Morgan fingerprint density at radius 2 is 1.59 bits per heavy atom. The van der Waals surface area contributed by atoms with E-state index in [1.807, 2.05) is 36.4 Å². The summed E-state index contributed by atoms with van der Waals surface area (Å²) >= 11 is 0. The van der Waals surface area contributed by atoms with Gasteiger partial charge >= 0.3 is 12.1 Å². The van der Waals surface area contributed by atoms with Crippen LogP contribution in [0.25, 0.3) is 11.1 Å². The maximum Gasteiger partial charge on any atom is 0.408 e. The van der Waals surface area contributed by atoms with Crippen LogP contribution in [0.4, 0.5) is 4.79 Å². The van der Waals surface area contributed by atoms with Gasteiger partial charge in [-0.3, -0.25) is 9.59 Å². The molecule has 2 aliphatic rings. The number of nitrogens with zero attached hydrogens (tertiary/aromatic N) is 1. The van der Waals surface area contributed by atoms with Crippen molar-refractivity contribution in [3.05, 3.63) is 59.7 Å². The molecule has 7 nitrogen and oxygen atoms in total. The number of amides is 2. The Morgan fingerprint density at radius 1 is 1.06 bits per heavy atom. The van der Waals surface area contributed by atoms with Crippen LogP contribution in [0.3, 0.4) is 0 Å². The number of alkyl carbamates (subject to hydrolysis) is 1. The number of carbonyl (C=O) groups excluding carboxylic acids is 2. The number of carbonyl (C=O) groups is 3. The largest absolute Gasteiger partial charge is 0.481 e.